The van der Waals surface area contributed by atoms with Gasteiger partial charge < -0.3 is 29.7 Å². The summed E-state index contributed by atoms with van der Waals surface area (Å²) in [6.45, 7) is 1.99. The summed E-state index contributed by atoms with van der Waals surface area (Å²) in [5.74, 6) is 2.30. The summed E-state index contributed by atoms with van der Waals surface area (Å²) in [6.07, 6.45) is 10.9. The molecule has 8 heteroatoms. The standard InChI is InChI=1S/C33H44N4O4/c1-36(26-8-4-2-5-9-26)31(38)15-14-30(24-16-18-33(19-17-24)39-20-21-40-33)37-23-25-22-28(12-13-29(25)35-32(37)34)41-27-10-6-3-7-11-27/h3,6-7,10-13,22,24,26,30H,2,4-5,8-9,14-21,23H2,1H3,(H2,34,35)/t30-/m0/s1. The Morgan fingerprint density at radius 2 is 1.78 bits per heavy atom. The molecule has 0 unspecified atom stereocenters. The van der Waals surface area contributed by atoms with Crippen LogP contribution in [0.15, 0.2) is 53.5 Å². The van der Waals surface area contributed by atoms with Gasteiger partial charge in [-0.3, -0.25) is 4.79 Å². The van der Waals surface area contributed by atoms with Gasteiger partial charge in [-0.15, -0.1) is 0 Å². The van der Waals surface area contributed by atoms with Crippen molar-refractivity contribution < 1.29 is 19.0 Å². The molecule has 220 valence electrons. The zero-order valence-electron chi connectivity index (χ0n) is 24.3. The van der Waals surface area contributed by atoms with Crippen LogP contribution in [-0.2, 0) is 20.8 Å². The fourth-order valence-corrected chi connectivity index (χ4v) is 7.24. The highest BCUT2D eigenvalue weighted by Gasteiger charge is 2.43. The fourth-order valence-electron chi connectivity index (χ4n) is 7.24. The number of carbonyl (C=O) groups is 1. The van der Waals surface area contributed by atoms with Gasteiger partial charge in [0.15, 0.2) is 11.7 Å². The molecule has 1 saturated heterocycles. The van der Waals surface area contributed by atoms with Crippen molar-refractivity contribution in [1.29, 1.82) is 0 Å². The molecule has 6 rings (SSSR count). The van der Waals surface area contributed by atoms with Gasteiger partial charge in [0, 0.05) is 50.5 Å². The average molecular weight is 561 g/mol. The Balaban J connectivity index is 1.19. The van der Waals surface area contributed by atoms with E-state index in [1.54, 1.807) is 0 Å². The van der Waals surface area contributed by atoms with E-state index in [-0.39, 0.29) is 11.9 Å². The summed E-state index contributed by atoms with van der Waals surface area (Å²) in [5, 5.41) is 0. The number of nitrogens with two attached hydrogens (primary N) is 1. The van der Waals surface area contributed by atoms with Crippen LogP contribution in [0.25, 0.3) is 0 Å². The quantitative estimate of drug-likeness (QED) is 0.419. The van der Waals surface area contributed by atoms with Gasteiger partial charge in [-0.25, -0.2) is 4.99 Å². The van der Waals surface area contributed by atoms with Crippen LogP contribution in [0.5, 0.6) is 11.5 Å². The molecule has 0 bridgehead atoms. The minimum Gasteiger partial charge on any atom is -0.457 e. The number of guanidine groups is 1. The van der Waals surface area contributed by atoms with Crippen molar-refractivity contribution in [3.63, 3.8) is 0 Å². The minimum absolute atomic E-state index is 0.105. The van der Waals surface area contributed by atoms with Crippen LogP contribution in [0, 0.1) is 5.92 Å². The number of hydrogen-bond donors (Lipinski definition) is 1. The third-order valence-corrected chi connectivity index (χ3v) is 9.62. The highest BCUT2D eigenvalue weighted by Crippen LogP contribution is 2.42. The second-order valence-electron chi connectivity index (χ2n) is 12.2. The van der Waals surface area contributed by atoms with E-state index in [0.717, 1.165) is 67.7 Å². The third kappa shape index (κ3) is 6.38. The zero-order valence-corrected chi connectivity index (χ0v) is 24.3. The molecule has 2 saturated carbocycles. The molecule has 1 atom stereocenters. The van der Waals surface area contributed by atoms with E-state index in [0.29, 0.717) is 44.1 Å². The van der Waals surface area contributed by atoms with E-state index in [9.17, 15) is 4.79 Å². The van der Waals surface area contributed by atoms with Crippen molar-refractivity contribution >= 4 is 17.6 Å². The molecule has 2 heterocycles. The number of para-hydroxylation sites is 1. The Morgan fingerprint density at radius 3 is 2.51 bits per heavy atom. The SMILES string of the molecule is CN(C(=O)CC[C@@H](C1CCC2(CC1)OCCO2)N1Cc2cc(Oc3ccccc3)ccc2N=C1N)C1CCCCC1. The van der Waals surface area contributed by atoms with Crippen molar-refractivity contribution in [1.82, 2.24) is 9.80 Å². The molecule has 2 aliphatic heterocycles. The maximum Gasteiger partial charge on any atom is 0.222 e. The van der Waals surface area contributed by atoms with Gasteiger partial charge in [-0.2, -0.15) is 0 Å². The number of rotatable bonds is 8. The van der Waals surface area contributed by atoms with Crippen LogP contribution in [0.1, 0.15) is 76.2 Å². The number of benzene rings is 2. The van der Waals surface area contributed by atoms with Crippen LogP contribution in [0.4, 0.5) is 5.69 Å². The Kier molecular flexibility index (Phi) is 8.49. The third-order valence-electron chi connectivity index (χ3n) is 9.62. The van der Waals surface area contributed by atoms with Gasteiger partial charge in [-0.1, -0.05) is 37.5 Å². The lowest BCUT2D eigenvalue weighted by Gasteiger charge is -2.44. The van der Waals surface area contributed by atoms with Gasteiger partial charge in [0.25, 0.3) is 0 Å². The second-order valence-corrected chi connectivity index (χ2v) is 12.2. The molecule has 1 amide bonds. The highest BCUT2D eigenvalue weighted by atomic mass is 16.7. The number of hydrogen-bond acceptors (Lipinski definition) is 7. The van der Waals surface area contributed by atoms with E-state index in [2.05, 4.69) is 11.0 Å². The highest BCUT2D eigenvalue weighted by molar-refractivity contribution is 5.84. The zero-order chi connectivity index (χ0) is 28.2. The topological polar surface area (TPSA) is 89.6 Å². The Hall–Kier alpha value is -3.10. The molecule has 2 N–H and O–H groups in total. The first-order chi connectivity index (χ1) is 20.0. The Labute approximate surface area is 243 Å². The monoisotopic (exact) mass is 560 g/mol. The summed E-state index contributed by atoms with van der Waals surface area (Å²) < 4.78 is 18.2. The number of carbonyl (C=O) groups excluding carboxylic acids is 1. The number of fused-ring (bicyclic) bond motifs is 1. The lowest BCUT2D eigenvalue weighted by atomic mass is 9.78. The fraction of sp³-hybridized carbons (Fsp3) is 0.576. The minimum atomic E-state index is -0.421. The molecule has 41 heavy (non-hydrogen) atoms. The molecule has 1 spiro atoms. The molecule has 0 radical (unpaired) electrons. The van der Waals surface area contributed by atoms with E-state index in [1.807, 2.05) is 54.4 Å². The molecule has 2 aromatic rings. The van der Waals surface area contributed by atoms with Crippen molar-refractivity contribution in [3.05, 3.63) is 54.1 Å². The van der Waals surface area contributed by atoms with E-state index >= 15 is 0 Å². The summed E-state index contributed by atoms with van der Waals surface area (Å²) in [4.78, 5) is 22.5. The molecular weight excluding hydrogens is 516 g/mol. The number of aliphatic imine (C=N–C) groups is 1. The van der Waals surface area contributed by atoms with Crippen molar-refractivity contribution in [2.45, 2.75) is 95.0 Å². The maximum absolute atomic E-state index is 13.4. The largest absolute Gasteiger partial charge is 0.457 e. The first-order valence-corrected chi connectivity index (χ1v) is 15.5. The van der Waals surface area contributed by atoms with Crippen LogP contribution in [0.3, 0.4) is 0 Å². The summed E-state index contributed by atoms with van der Waals surface area (Å²) in [6, 6.07) is 16.3. The van der Waals surface area contributed by atoms with Gasteiger partial charge >= 0.3 is 0 Å². The van der Waals surface area contributed by atoms with Gasteiger partial charge in [0.05, 0.1) is 18.9 Å². The van der Waals surface area contributed by atoms with Gasteiger partial charge in [-0.05, 0) is 68.4 Å². The summed E-state index contributed by atoms with van der Waals surface area (Å²) >= 11 is 0. The number of nitrogens with zero attached hydrogens (tertiary/aromatic N) is 3. The second kappa shape index (κ2) is 12.4. The van der Waals surface area contributed by atoms with Crippen LogP contribution in [-0.4, -0.2) is 59.8 Å². The first-order valence-electron chi connectivity index (χ1n) is 15.5. The molecule has 2 aliphatic carbocycles. The smallest absolute Gasteiger partial charge is 0.222 e. The maximum atomic E-state index is 13.4. The average Bonchev–Trinajstić information content (AvgIpc) is 3.46. The summed E-state index contributed by atoms with van der Waals surface area (Å²) in [7, 11) is 1.99. The van der Waals surface area contributed by atoms with Gasteiger partial charge in [0.2, 0.25) is 5.91 Å². The molecule has 4 aliphatic rings. The van der Waals surface area contributed by atoms with E-state index in [4.69, 9.17) is 24.9 Å². The van der Waals surface area contributed by atoms with Crippen LogP contribution in [0.2, 0.25) is 0 Å². The van der Waals surface area contributed by atoms with Crippen LogP contribution >= 0.6 is 0 Å². The Morgan fingerprint density at radius 1 is 1.05 bits per heavy atom. The normalized spacial score (nSPS) is 21.8. The predicted molar refractivity (Wildman–Crippen MR) is 159 cm³/mol. The predicted octanol–water partition coefficient (Wildman–Crippen LogP) is 6.11. The number of ether oxygens (including phenoxy) is 3. The molecule has 0 aromatic heterocycles. The van der Waals surface area contributed by atoms with Crippen molar-refractivity contribution in [2.75, 3.05) is 20.3 Å². The van der Waals surface area contributed by atoms with Gasteiger partial charge in [0.1, 0.15) is 11.5 Å². The van der Waals surface area contributed by atoms with E-state index < -0.39 is 5.79 Å². The summed E-state index contributed by atoms with van der Waals surface area (Å²) in [5.41, 5.74) is 8.62. The Bertz CT molecular complexity index is 1210. The van der Waals surface area contributed by atoms with Crippen molar-refractivity contribution in [3.8, 4) is 11.5 Å². The van der Waals surface area contributed by atoms with Crippen LogP contribution < -0.4 is 10.5 Å². The number of amides is 1. The van der Waals surface area contributed by atoms with E-state index in [1.165, 1.54) is 19.3 Å². The molecule has 8 nitrogen and oxygen atoms in total. The lowest BCUT2D eigenvalue weighted by Crippen LogP contribution is -2.51. The lowest BCUT2D eigenvalue weighted by molar-refractivity contribution is -0.185. The molecule has 3 fully saturated rings. The molecular formula is C33H44N4O4. The first kappa shape index (κ1) is 28.0. The van der Waals surface area contributed by atoms with Crippen molar-refractivity contribution in [2.24, 2.45) is 16.6 Å². The molecule has 2 aromatic carbocycles.